The number of methoxy groups -OCH3 is 1. The molecule has 4 heteroatoms. The van der Waals surface area contributed by atoms with Crippen molar-refractivity contribution in [2.75, 3.05) is 32.2 Å². The van der Waals surface area contributed by atoms with Gasteiger partial charge in [-0.1, -0.05) is 28.1 Å². The highest BCUT2D eigenvalue weighted by molar-refractivity contribution is 9.09. The van der Waals surface area contributed by atoms with E-state index in [9.17, 15) is 0 Å². The van der Waals surface area contributed by atoms with Crippen LogP contribution >= 0.6 is 15.9 Å². The summed E-state index contributed by atoms with van der Waals surface area (Å²) in [5.41, 5.74) is 1.29. The van der Waals surface area contributed by atoms with Gasteiger partial charge in [0.25, 0.3) is 0 Å². The van der Waals surface area contributed by atoms with Crippen molar-refractivity contribution in [1.29, 1.82) is 0 Å². The summed E-state index contributed by atoms with van der Waals surface area (Å²) >= 11 is 3.55. The summed E-state index contributed by atoms with van der Waals surface area (Å²) in [4.78, 5) is 2.45. The molecule has 17 heavy (non-hydrogen) atoms. The highest BCUT2D eigenvalue weighted by Crippen LogP contribution is 2.17. The zero-order chi connectivity index (χ0) is 12.1. The van der Waals surface area contributed by atoms with Crippen molar-refractivity contribution in [3.63, 3.8) is 0 Å². The summed E-state index contributed by atoms with van der Waals surface area (Å²) in [5, 5.41) is 0.955. The van der Waals surface area contributed by atoms with Crippen molar-refractivity contribution in [1.82, 2.24) is 4.90 Å². The third-order valence-corrected chi connectivity index (χ3v) is 3.79. The molecule has 1 heterocycles. The molecule has 1 unspecified atom stereocenters. The van der Waals surface area contributed by atoms with Gasteiger partial charge in [-0.2, -0.15) is 0 Å². The van der Waals surface area contributed by atoms with E-state index < -0.39 is 0 Å². The number of alkyl halides is 1. The number of nitrogens with zero attached hydrogens (tertiary/aromatic N) is 1. The topological polar surface area (TPSA) is 21.7 Å². The van der Waals surface area contributed by atoms with Crippen LogP contribution in [0, 0.1) is 0 Å². The number of hydrogen-bond acceptors (Lipinski definition) is 3. The van der Waals surface area contributed by atoms with Gasteiger partial charge in [-0.15, -0.1) is 0 Å². The molecule has 1 fully saturated rings. The summed E-state index contributed by atoms with van der Waals surface area (Å²) in [6.45, 7) is 3.59. The summed E-state index contributed by atoms with van der Waals surface area (Å²) in [5.74, 6) is 0.922. The van der Waals surface area contributed by atoms with Gasteiger partial charge >= 0.3 is 0 Å². The Morgan fingerprint density at radius 1 is 1.53 bits per heavy atom. The molecule has 1 aromatic carbocycles. The zero-order valence-corrected chi connectivity index (χ0v) is 11.6. The van der Waals surface area contributed by atoms with Gasteiger partial charge in [-0.05, 0) is 17.7 Å². The molecule has 1 aromatic rings. The maximum atomic E-state index is 5.49. The number of halogens is 1. The lowest BCUT2D eigenvalue weighted by Gasteiger charge is -2.34. The van der Waals surface area contributed by atoms with Crippen LogP contribution in [0.15, 0.2) is 24.3 Å². The Balaban J connectivity index is 2.02. The van der Waals surface area contributed by atoms with Crippen molar-refractivity contribution in [3.8, 4) is 5.75 Å². The van der Waals surface area contributed by atoms with E-state index in [1.807, 2.05) is 12.1 Å². The quantitative estimate of drug-likeness (QED) is 0.796. The van der Waals surface area contributed by atoms with Crippen LogP contribution in [0.4, 0.5) is 0 Å². The minimum absolute atomic E-state index is 0.468. The summed E-state index contributed by atoms with van der Waals surface area (Å²) in [6, 6.07) is 8.72. The molecule has 0 aromatic heterocycles. The average molecular weight is 300 g/mol. The van der Waals surface area contributed by atoms with Crippen molar-refractivity contribution in [2.24, 2.45) is 0 Å². The molecular formula is C13H18BrNO2. The van der Waals surface area contributed by atoms with E-state index in [0.717, 1.165) is 37.4 Å². The first-order valence-electron chi connectivity index (χ1n) is 5.84. The monoisotopic (exact) mass is 299 g/mol. The van der Waals surface area contributed by atoms with Gasteiger partial charge < -0.3 is 9.47 Å². The first kappa shape index (κ1) is 12.9. The molecule has 0 radical (unpaired) electrons. The summed E-state index contributed by atoms with van der Waals surface area (Å²) in [7, 11) is 1.70. The third kappa shape index (κ3) is 3.44. The van der Waals surface area contributed by atoms with E-state index in [4.69, 9.17) is 9.47 Å². The zero-order valence-electron chi connectivity index (χ0n) is 10.1. The van der Waals surface area contributed by atoms with E-state index in [1.165, 1.54) is 5.56 Å². The highest BCUT2D eigenvalue weighted by atomic mass is 79.9. The molecule has 1 aliphatic rings. The van der Waals surface area contributed by atoms with Crippen LogP contribution in [-0.4, -0.2) is 43.1 Å². The Labute approximate surface area is 111 Å². The van der Waals surface area contributed by atoms with Crippen LogP contribution in [0.5, 0.6) is 5.75 Å². The molecular weight excluding hydrogens is 282 g/mol. The largest absolute Gasteiger partial charge is 0.497 e. The number of morpholine rings is 1. The SMILES string of the molecule is COc1cccc(CN2CCOCC2CBr)c1. The highest BCUT2D eigenvalue weighted by Gasteiger charge is 2.21. The van der Waals surface area contributed by atoms with Crippen LogP contribution in [0.3, 0.4) is 0 Å². The summed E-state index contributed by atoms with van der Waals surface area (Å²) < 4.78 is 10.7. The average Bonchev–Trinajstić information content (AvgIpc) is 2.39. The second-order valence-electron chi connectivity index (χ2n) is 4.21. The van der Waals surface area contributed by atoms with Crippen molar-refractivity contribution < 1.29 is 9.47 Å². The Hall–Kier alpha value is -0.580. The maximum absolute atomic E-state index is 5.49. The molecule has 0 N–H and O–H groups in total. The second kappa shape index (κ2) is 6.38. The fourth-order valence-electron chi connectivity index (χ4n) is 2.04. The minimum atomic E-state index is 0.468. The Morgan fingerprint density at radius 2 is 2.41 bits per heavy atom. The van der Waals surface area contributed by atoms with E-state index in [-0.39, 0.29) is 0 Å². The van der Waals surface area contributed by atoms with E-state index in [2.05, 4.69) is 33.0 Å². The molecule has 0 aliphatic carbocycles. The fraction of sp³-hybridized carbons (Fsp3) is 0.538. The Bertz CT molecular complexity index is 359. The lowest BCUT2D eigenvalue weighted by atomic mass is 10.1. The second-order valence-corrected chi connectivity index (χ2v) is 4.85. The van der Waals surface area contributed by atoms with Crippen LogP contribution < -0.4 is 4.74 Å². The van der Waals surface area contributed by atoms with E-state index >= 15 is 0 Å². The molecule has 0 amide bonds. The number of ether oxygens (including phenoxy) is 2. The van der Waals surface area contributed by atoms with Gasteiger partial charge in [-0.3, -0.25) is 4.90 Å². The molecule has 94 valence electrons. The minimum Gasteiger partial charge on any atom is -0.497 e. The Kier molecular flexibility index (Phi) is 4.83. The lowest BCUT2D eigenvalue weighted by Crippen LogP contribution is -2.45. The number of rotatable bonds is 4. The molecule has 1 saturated heterocycles. The molecule has 0 bridgehead atoms. The summed E-state index contributed by atoms with van der Waals surface area (Å²) in [6.07, 6.45) is 0. The molecule has 3 nitrogen and oxygen atoms in total. The van der Waals surface area contributed by atoms with Crippen LogP contribution in [0.25, 0.3) is 0 Å². The standard InChI is InChI=1S/C13H18BrNO2/c1-16-13-4-2-3-11(7-13)9-15-5-6-17-10-12(15)8-14/h2-4,7,12H,5-6,8-10H2,1H3. The van der Waals surface area contributed by atoms with E-state index in [1.54, 1.807) is 7.11 Å². The van der Waals surface area contributed by atoms with Gasteiger partial charge in [0, 0.05) is 24.5 Å². The smallest absolute Gasteiger partial charge is 0.119 e. The lowest BCUT2D eigenvalue weighted by molar-refractivity contribution is -0.00214. The first-order valence-corrected chi connectivity index (χ1v) is 6.96. The predicted molar refractivity (Wildman–Crippen MR) is 71.8 cm³/mol. The molecule has 0 saturated carbocycles. The van der Waals surface area contributed by atoms with Crippen molar-refractivity contribution >= 4 is 15.9 Å². The van der Waals surface area contributed by atoms with Crippen LogP contribution in [0.1, 0.15) is 5.56 Å². The van der Waals surface area contributed by atoms with Gasteiger partial charge in [0.15, 0.2) is 0 Å². The molecule has 0 spiro atoms. The maximum Gasteiger partial charge on any atom is 0.119 e. The normalized spacial score (nSPS) is 21.4. The van der Waals surface area contributed by atoms with E-state index in [0.29, 0.717) is 6.04 Å². The third-order valence-electron chi connectivity index (χ3n) is 3.05. The van der Waals surface area contributed by atoms with Gasteiger partial charge in [0.2, 0.25) is 0 Å². The van der Waals surface area contributed by atoms with Gasteiger partial charge in [0.1, 0.15) is 5.75 Å². The number of hydrogen-bond donors (Lipinski definition) is 0. The van der Waals surface area contributed by atoms with Gasteiger partial charge in [-0.25, -0.2) is 0 Å². The Morgan fingerprint density at radius 3 is 3.18 bits per heavy atom. The van der Waals surface area contributed by atoms with Gasteiger partial charge in [0.05, 0.1) is 20.3 Å². The molecule has 1 atom stereocenters. The van der Waals surface area contributed by atoms with Crippen molar-refractivity contribution in [3.05, 3.63) is 29.8 Å². The van der Waals surface area contributed by atoms with Crippen LogP contribution in [0.2, 0.25) is 0 Å². The molecule has 1 aliphatic heterocycles. The van der Waals surface area contributed by atoms with Crippen molar-refractivity contribution in [2.45, 2.75) is 12.6 Å². The predicted octanol–water partition coefficient (Wildman–Crippen LogP) is 2.29. The number of benzene rings is 1. The molecule has 2 rings (SSSR count). The first-order chi connectivity index (χ1) is 8.33. The fourth-order valence-corrected chi connectivity index (χ4v) is 2.64. The van der Waals surface area contributed by atoms with Crippen LogP contribution in [-0.2, 0) is 11.3 Å².